The highest BCUT2D eigenvalue weighted by atomic mass is 16.5. The summed E-state index contributed by atoms with van der Waals surface area (Å²) in [6.07, 6.45) is 3.56. The SMILES string of the molecule is C/C(=C\CO)C1OC(C)CC1C. The molecule has 0 aromatic heterocycles. The van der Waals surface area contributed by atoms with Crippen molar-refractivity contribution in [2.24, 2.45) is 5.92 Å². The van der Waals surface area contributed by atoms with E-state index in [9.17, 15) is 0 Å². The summed E-state index contributed by atoms with van der Waals surface area (Å²) >= 11 is 0. The van der Waals surface area contributed by atoms with Gasteiger partial charge in [0.2, 0.25) is 0 Å². The molecule has 1 aliphatic rings. The van der Waals surface area contributed by atoms with Crippen molar-refractivity contribution in [2.45, 2.75) is 39.4 Å². The van der Waals surface area contributed by atoms with Gasteiger partial charge in [0.05, 0.1) is 18.8 Å². The lowest BCUT2D eigenvalue weighted by atomic mass is 9.97. The van der Waals surface area contributed by atoms with Crippen LogP contribution < -0.4 is 0 Å². The van der Waals surface area contributed by atoms with E-state index in [1.54, 1.807) is 0 Å². The maximum atomic E-state index is 8.72. The quantitative estimate of drug-likeness (QED) is 0.640. The summed E-state index contributed by atoms with van der Waals surface area (Å²) in [5.74, 6) is 0.586. The topological polar surface area (TPSA) is 29.5 Å². The number of hydrogen-bond donors (Lipinski definition) is 1. The zero-order valence-electron chi connectivity index (χ0n) is 8.08. The van der Waals surface area contributed by atoms with Crippen molar-refractivity contribution in [1.29, 1.82) is 0 Å². The summed E-state index contributed by atoms with van der Waals surface area (Å²) in [7, 11) is 0. The molecule has 1 rings (SSSR count). The second kappa shape index (κ2) is 4.06. The zero-order chi connectivity index (χ0) is 9.14. The predicted molar refractivity (Wildman–Crippen MR) is 49.0 cm³/mol. The van der Waals surface area contributed by atoms with Crippen LogP contribution in [0.25, 0.3) is 0 Å². The highest BCUT2D eigenvalue weighted by Crippen LogP contribution is 2.30. The molecule has 0 radical (unpaired) electrons. The fourth-order valence-electron chi connectivity index (χ4n) is 1.90. The lowest BCUT2D eigenvalue weighted by Crippen LogP contribution is -2.15. The van der Waals surface area contributed by atoms with Gasteiger partial charge in [-0.25, -0.2) is 0 Å². The monoisotopic (exact) mass is 170 g/mol. The lowest BCUT2D eigenvalue weighted by Gasteiger charge is -2.15. The van der Waals surface area contributed by atoms with Gasteiger partial charge in [-0.05, 0) is 31.8 Å². The van der Waals surface area contributed by atoms with Gasteiger partial charge in [-0.1, -0.05) is 13.0 Å². The van der Waals surface area contributed by atoms with E-state index in [4.69, 9.17) is 9.84 Å². The Morgan fingerprint density at radius 1 is 1.58 bits per heavy atom. The van der Waals surface area contributed by atoms with E-state index >= 15 is 0 Å². The molecule has 0 aromatic carbocycles. The van der Waals surface area contributed by atoms with Crippen LogP contribution >= 0.6 is 0 Å². The van der Waals surface area contributed by atoms with Crippen molar-refractivity contribution in [3.05, 3.63) is 11.6 Å². The molecular formula is C10H18O2. The molecule has 2 heteroatoms. The molecule has 1 aliphatic heterocycles. The largest absolute Gasteiger partial charge is 0.392 e. The Balaban J connectivity index is 2.57. The summed E-state index contributed by atoms with van der Waals surface area (Å²) in [4.78, 5) is 0. The highest BCUT2D eigenvalue weighted by molar-refractivity contribution is 5.08. The second-order valence-corrected chi connectivity index (χ2v) is 3.71. The molecule has 1 N–H and O–H groups in total. The first-order valence-electron chi connectivity index (χ1n) is 4.58. The third-order valence-electron chi connectivity index (χ3n) is 2.46. The van der Waals surface area contributed by atoms with Gasteiger partial charge in [-0.2, -0.15) is 0 Å². The van der Waals surface area contributed by atoms with E-state index in [1.807, 2.05) is 13.0 Å². The molecule has 0 aliphatic carbocycles. The van der Waals surface area contributed by atoms with Crippen molar-refractivity contribution >= 4 is 0 Å². The van der Waals surface area contributed by atoms with E-state index in [0.717, 1.165) is 12.0 Å². The fourth-order valence-corrected chi connectivity index (χ4v) is 1.90. The maximum Gasteiger partial charge on any atom is 0.0813 e. The van der Waals surface area contributed by atoms with E-state index in [1.165, 1.54) is 0 Å². The first-order chi connectivity index (χ1) is 5.65. The van der Waals surface area contributed by atoms with E-state index in [-0.39, 0.29) is 12.7 Å². The van der Waals surface area contributed by atoms with Gasteiger partial charge in [0.25, 0.3) is 0 Å². The van der Waals surface area contributed by atoms with Gasteiger partial charge < -0.3 is 9.84 Å². The highest BCUT2D eigenvalue weighted by Gasteiger charge is 2.30. The number of hydrogen-bond acceptors (Lipinski definition) is 2. The lowest BCUT2D eigenvalue weighted by molar-refractivity contribution is 0.0679. The number of aliphatic hydroxyl groups excluding tert-OH is 1. The van der Waals surface area contributed by atoms with Crippen molar-refractivity contribution in [3.8, 4) is 0 Å². The van der Waals surface area contributed by atoms with E-state index in [0.29, 0.717) is 12.0 Å². The Morgan fingerprint density at radius 2 is 2.25 bits per heavy atom. The normalized spacial score (nSPS) is 37.3. The molecule has 1 heterocycles. The van der Waals surface area contributed by atoms with Crippen LogP contribution in [-0.2, 0) is 4.74 Å². The Kier molecular flexibility index (Phi) is 3.29. The summed E-state index contributed by atoms with van der Waals surface area (Å²) in [6, 6.07) is 0. The Bertz CT molecular complexity index is 175. The molecule has 3 atom stereocenters. The zero-order valence-corrected chi connectivity index (χ0v) is 8.08. The molecule has 70 valence electrons. The maximum absolute atomic E-state index is 8.72. The molecule has 0 spiro atoms. The molecule has 12 heavy (non-hydrogen) atoms. The van der Waals surface area contributed by atoms with Crippen molar-refractivity contribution in [2.75, 3.05) is 6.61 Å². The van der Waals surface area contributed by atoms with Gasteiger partial charge in [-0.15, -0.1) is 0 Å². The molecule has 3 unspecified atom stereocenters. The average Bonchev–Trinajstić information content (AvgIpc) is 2.30. The van der Waals surface area contributed by atoms with Crippen LogP contribution in [0.3, 0.4) is 0 Å². The van der Waals surface area contributed by atoms with Crippen molar-refractivity contribution in [1.82, 2.24) is 0 Å². The van der Waals surface area contributed by atoms with E-state index < -0.39 is 0 Å². The standard InChI is InChI=1S/C10H18O2/c1-7(4-5-11)10-8(2)6-9(3)12-10/h4,8-11H,5-6H2,1-3H3/b7-4+. The Labute approximate surface area is 74.2 Å². The molecule has 1 fully saturated rings. The molecule has 0 aromatic rings. The van der Waals surface area contributed by atoms with Crippen LogP contribution in [0.2, 0.25) is 0 Å². The van der Waals surface area contributed by atoms with Gasteiger partial charge in [0.1, 0.15) is 0 Å². The third kappa shape index (κ3) is 2.08. The molecule has 0 amide bonds. The molecular weight excluding hydrogens is 152 g/mol. The van der Waals surface area contributed by atoms with Gasteiger partial charge in [0.15, 0.2) is 0 Å². The summed E-state index contributed by atoms with van der Waals surface area (Å²) < 4.78 is 5.71. The number of ether oxygens (including phenoxy) is 1. The Hall–Kier alpha value is -0.340. The summed E-state index contributed by atoms with van der Waals surface area (Å²) in [6.45, 7) is 6.44. The van der Waals surface area contributed by atoms with Crippen LogP contribution in [0.15, 0.2) is 11.6 Å². The first-order valence-corrected chi connectivity index (χ1v) is 4.58. The number of aliphatic hydroxyl groups is 1. The predicted octanol–water partition coefficient (Wildman–Crippen LogP) is 1.74. The minimum Gasteiger partial charge on any atom is -0.392 e. The molecule has 0 bridgehead atoms. The second-order valence-electron chi connectivity index (χ2n) is 3.71. The number of rotatable bonds is 2. The van der Waals surface area contributed by atoms with E-state index in [2.05, 4.69) is 13.8 Å². The minimum absolute atomic E-state index is 0.118. The van der Waals surface area contributed by atoms with Crippen LogP contribution in [0.1, 0.15) is 27.2 Å². The minimum atomic E-state index is 0.118. The average molecular weight is 170 g/mol. The fraction of sp³-hybridized carbons (Fsp3) is 0.800. The molecule has 2 nitrogen and oxygen atoms in total. The van der Waals surface area contributed by atoms with Crippen LogP contribution in [-0.4, -0.2) is 23.9 Å². The summed E-state index contributed by atoms with van der Waals surface area (Å²) in [5.41, 5.74) is 1.16. The first kappa shape index (κ1) is 9.75. The van der Waals surface area contributed by atoms with Crippen molar-refractivity contribution in [3.63, 3.8) is 0 Å². The smallest absolute Gasteiger partial charge is 0.0813 e. The Morgan fingerprint density at radius 3 is 2.67 bits per heavy atom. The molecule has 0 saturated carbocycles. The third-order valence-corrected chi connectivity index (χ3v) is 2.46. The van der Waals surface area contributed by atoms with Gasteiger partial charge >= 0.3 is 0 Å². The van der Waals surface area contributed by atoms with Crippen LogP contribution in [0.5, 0.6) is 0 Å². The van der Waals surface area contributed by atoms with Gasteiger partial charge in [-0.3, -0.25) is 0 Å². The van der Waals surface area contributed by atoms with Gasteiger partial charge in [0, 0.05) is 0 Å². The summed E-state index contributed by atoms with van der Waals surface area (Å²) in [5, 5.41) is 8.72. The van der Waals surface area contributed by atoms with Crippen LogP contribution in [0.4, 0.5) is 0 Å². The van der Waals surface area contributed by atoms with Crippen molar-refractivity contribution < 1.29 is 9.84 Å². The molecule has 1 saturated heterocycles. The van der Waals surface area contributed by atoms with Crippen LogP contribution in [0, 0.1) is 5.92 Å².